The van der Waals surface area contributed by atoms with E-state index in [4.69, 9.17) is 11.6 Å². The molecule has 1 heterocycles. The Balaban J connectivity index is 1.88. The van der Waals surface area contributed by atoms with Gasteiger partial charge >= 0.3 is 0 Å². The Hall–Kier alpha value is -1.03. The normalized spacial score (nSPS) is 25.4. The van der Waals surface area contributed by atoms with Gasteiger partial charge in [-0.3, -0.25) is 9.48 Å². The number of rotatable bonds is 2. The molecule has 1 aromatic heterocycles. The van der Waals surface area contributed by atoms with E-state index in [1.807, 2.05) is 0 Å². The van der Waals surface area contributed by atoms with Crippen LogP contribution in [0.5, 0.6) is 0 Å². The third-order valence-electron chi connectivity index (χ3n) is 2.94. The third-order valence-corrected chi connectivity index (χ3v) is 3.37. The summed E-state index contributed by atoms with van der Waals surface area (Å²) in [5.41, 5.74) is 0.482. The fraction of sp³-hybridized carbons (Fsp3) is 0.636. The largest absolute Gasteiger partial charge is 0.348 e. The highest BCUT2D eigenvalue weighted by molar-refractivity contribution is 6.20. The second-order valence-electron chi connectivity index (χ2n) is 4.30. The predicted molar refractivity (Wildman–Crippen MR) is 62.6 cm³/mol. The highest BCUT2D eigenvalue weighted by Crippen LogP contribution is 2.22. The van der Waals surface area contributed by atoms with Gasteiger partial charge in [-0.25, -0.2) is 0 Å². The molecule has 1 N–H and O–H groups in total. The van der Waals surface area contributed by atoms with Gasteiger partial charge in [-0.15, -0.1) is 11.6 Å². The summed E-state index contributed by atoms with van der Waals surface area (Å²) in [5, 5.41) is 7.35. The summed E-state index contributed by atoms with van der Waals surface area (Å²) in [6.07, 6.45) is 5.66. The van der Waals surface area contributed by atoms with E-state index in [1.54, 1.807) is 24.0 Å². The summed E-state index contributed by atoms with van der Waals surface area (Å²) < 4.78 is 1.63. The molecule has 0 aliphatic heterocycles. The number of carbonyl (C=O) groups excluding carboxylic acids is 1. The van der Waals surface area contributed by atoms with Crippen molar-refractivity contribution in [2.45, 2.75) is 37.1 Å². The average molecular weight is 242 g/mol. The Morgan fingerprint density at radius 2 is 2.19 bits per heavy atom. The fourth-order valence-electron chi connectivity index (χ4n) is 1.99. The molecule has 88 valence electrons. The zero-order valence-electron chi connectivity index (χ0n) is 9.32. The van der Waals surface area contributed by atoms with Crippen LogP contribution in [0.3, 0.4) is 0 Å². The summed E-state index contributed by atoms with van der Waals surface area (Å²) in [7, 11) is 1.80. The van der Waals surface area contributed by atoms with Crippen LogP contribution in [0.15, 0.2) is 12.3 Å². The van der Waals surface area contributed by atoms with Crippen molar-refractivity contribution in [2.75, 3.05) is 0 Å². The van der Waals surface area contributed by atoms with Gasteiger partial charge in [0.15, 0.2) is 0 Å². The second-order valence-corrected chi connectivity index (χ2v) is 4.91. The topological polar surface area (TPSA) is 46.9 Å². The Bertz CT molecular complexity index is 369. The number of aryl methyl sites for hydroxylation is 1. The predicted octanol–water partition coefficient (Wildman–Crippen LogP) is 1.70. The van der Waals surface area contributed by atoms with Gasteiger partial charge in [0.1, 0.15) is 5.69 Å². The van der Waals surface area contributed by atoms with E-state index in [0.717, 1.165) is 25.7 Å². The van der Waals surface area contributed by atoms with Crippen molar-refractivity contribution in [3.8, 4) is 0 Å². The van der Waals surface area contributed by atoms with Crippen molar-refractivity contribution in [1.29, 1.82) is 0 Å². The molecular weight excluding hydrogens is 226 g/mol. The van der Waals surface area contributed by atoms with Crippen molar-refractivity contribution in [3.05, 3.63) is 18.0 Å². The molecule has 0 spiro atoms. The molecule has 1 fully saturated rings. The zero-order chi connectivity index (χ0) is 11.5. The maximum absolute atomic E-state index is 11.8. The Labute approximate surface area is 100.0 Å². The Kier molecular flexibility index (Phi) is 3.49. The van der Waals surface area contributed by atoms with Gasteiger partial charge in [0.25, 0.3) is 5.91 Å². The summed E-state index contributed by atoms with van der Waals surface area (Å²) in [5.74, 6) is -0.0846. The summed E-state index contributed by atoms with van der Waals surface area (Å²) in [6, 6.07) is 1.98. The Morgan fingerprint density at radius 1 is 1.50 bits per heavy atom. The van der Waals surface area contributed by atoms with Gasteiger partial charge in [-0.05, 0) is 31.7 Å². The minimum atomic E-state index is -0.0846. The maximum Gasteiger partial charge on any atom is 0.271 e. The van der Waals surface area contributed by atoms with Gasteiger partial charge in [0.05, 0.1) is 0 Å². The Morgan fingerprint density at radius 3 is 2.75 bits per heavy atom. The van der Waals surface area contributed by atoms with Gasteiger partial charge in [-0.1, -0.05) is 0 Å². The SMILES string of the molecule is Cn1ccc(C(=O)NC2CCC(Cl)CC2)n1. The van der Waals surface area contributed by atoms with Crippen molar-refractivity contribution >= 4 is 17.5 Å². The lowest BCUT2D eigenvalue weighted by Gasteiger charge is -2.25. The van der Waals surface area contributed by atoms with Crippen LogP contribution in [-0.4, -0.2) is 27.1 Å². The molecule has 0 radical (unpaired) electrons. The van der Waals surface area contributed by atoms with Crippen molar-refractivity contribution < 1.29 is 4.79 Å². The molecule has 2 rings (SSSR count). The van der Waals surface area contributed by atoms with E-state index in [-0.39, 0.29) is 17.3 Å². The number of nitrogens with one attached hydrogen (secondary N) is 1. The number of amides is 1. The summed E-state index contributed by atoms with van der Waals surface area (Å²) in [4.78, 5) is 11.8. The van der Waals surface area contributed by atoms with E-state index in [9.17, 15) is 4.79 Å². The van der Waals surface area contributed by atoms with Crippen molar-refractivity contribution in [3.63, 3.8) is 0 Å². The molecule has 0 bridgehead atoms. The molecule has 16 heavy (non-hydrogen) atoms. The van der Waals surface area contributed by atoms with Crippen molar-refractivity contribution in [2.24, 2.45) is 7.05 Å². The average Bonchev–Trinajstić information content (AvgIpc) is 2.68. The number of halogens is 1. The molecule has 5 heteroatoms. The minimum absolute atomic E-state index is 0.0846. The monoisotopic (exact) mass is 241 g/mol. The van der Waals surface area contributed by atoms with E-state index >= 15 is 0 Å². The maximum atomic E-state index is 11.8. The molecular formula is C11H16ClN3O. The highest BCUT2D eigenvalue weighted by Gasteiger charge is 2.21. The second kappa shape index (κ2) is 4.87. The van der Waals surface area contributed by atoms with Crippen molar-refractivity contribution in [1.82, 2.24) is 15.1 Å². The first-order valence-electron chi connectivity index (χ1n) is 5.60. The lowest BCUT2D eigenvalue weighted by molar-refractivity contribution is 0.0922. The molecule has 0 aromatic carbocycles. The molecule has 1 saturated carbocycles. The lowest BCUT2D eigenvalue weighted by Crippen LogP contribution is -2.38. The first-order chi connectivity index (χ1) is 7.65. The number of nitrogens with zero attached hydrogens (tertiary/aromatic N) is 2. The number of alkyl halides is 1. The van der Waals surface area contributed by atoms with E-state index in [1.165, 1.54) is 0 Å². The van der Waals surface area contributed by atoms with Crippen LogP contribution in [0.2, 0.25) is 0 Å². The molecule has 4 nitrogen and oxygen atoms in total. The summed E-state index contributed by atoms with van der Waals surface area (Å²) >= 11 is 6.01. The number of aromatic nitrogens is 2. The van der Waals surface area contributed by atoms with Crippen LogP contribution >= 0.6 is 11.6 Å². The number of hydrogen-bond acceptors (Lipinski definition) is 2. The van der Waals surface area contributed by atoms with Crippen LogP contribution in [0.25, 0.3) is 0 Å². The third kappa shape index (κ3) is 2.76. The minimum Gasteiger partial charge on any atom is -0.348 e. The van der Waals surface area contributed by atoms with E-state index in [0.29, 0.717) is 5.69 Å². The number of hydrogen-bond donors (Lipinski definition) is 1. The molecule has 1 aromatic rings. The molecule has 1 amide bonds. The van der Waals surface area contributed by atoms with Crippen LogP contribution < -0.4 is 5.32 Å². The molecule has 0 atom stereocenters. The molecule has 0 saturated heterocycles. The van der Waals surface area contributed by atoms with Gasteiger partial charge < -0.3 is 5.32 Å². The van der Waals surface area contributed by atoms with Gasteiger partial charge in [-0.2, -0.15) is 5.10 Å². The fourth-order valence-corrected chi connectivity index (χ4v) is 2.24. The zero-order valence-corrected chi connectivity index (χ0v) is 10.1. The van der Waals surface area contributed by atoms with Crippen LogP contribution in [0, 0.1) is 0 Å². The summed E-state index contributed by atoms with van der Waals surface area (Å²) in [6.45, 7) is 0. The standard InChI is InChI=1S/C11H16ClN3O/c1-15-7-6-10(14-15)11(16)13-9-4-2-8(12)3-5-9/h6-9H,2-5H2,1H3,(H,13,16). The number of carbonyl (C=O) groups is 1. The van der Waals surface area contributed by atoms with E-state index < -0.39 is 0 Å². The lowest BCUT2D eigenvalue weighted by atomic mass is 9.95. The van der Waals surface area contributed by atoms with Gasteiger partial charge in [0, 0.05) is 24.7 Å². The quantitative estimate of drug-likeness (QED) is 0.802. The van der Waals surface area contributed by atoms with Crippen LogP contribution in [-0.2, 0) is 7.05 Å². The van der Waals surface area contributed by atoms with Crippen LogP contribution in [0.1, 0.15) is 36.2 Å². The molecule has 0 unspecified atom stereocenters. The molecule has 1 aliphatic rings. The first-order valence-corrected chi connectivity index (χ1v) is 6.03. The first kappa shape index (κ1) is 11.5. The van der Waals surface area contributed by atoms with Crippen LogP contribution in [0.4, 0.5) is 0 Å². The highest BCUT2D eigenvalue weighted by atomic mass is 35.5. The van der Waals surface area contributed by atoms with Gasteiger partial charge in [0.2, 0.25) is 0 Å². The van der Waals surface area contributed by atoms with E-state index in [2.05, 4.69) is 10.4 Å². The smallest absolute Gasteiger partial charge is 0.271 e. The molecule has 1 aliphatic carbocycles.